The van der Waals surface area contributed by atoms with E-state index in [9.17, 15) is 0 Å². The molecule has 1 aromatic heterocycles. The van der Waals surface area contributed by atoms with Crippen molar-refractivity contribution in [2.45, 2.75) is 19.4 Å². The number of H-pyrrole nitrogens is 1. The SMILES string of the molecule is CC(CCN)N(C)c1ccc[nH]1. The van der Waals surface area contributed by atoms with Gasteiger partial charge in [-0.25, -0.2) is 0 Å². The second kappa shape index (κ2) is 4.16. The van der Waals surface area contributed by atoms with Crippen LogP contribution in [0.25, 0.3) is 0 Å². The van der Waals surface area contributed by atoms with E-state index in [1.54, 1.807) is 0 Å². The second-order valence-electron chi connectivity index (χ2n) is 3.09. The third-order valence-corrected chi connectivity index (χ3v) is 2.21. The summed E-state index contributed by atoms with van der Waals surface area (Å²) in [5, 5.41) is 0. The molecule has 1 heterocycles. The molecule has 0 saturated heterocycles. The molecule has 1 rings (SSSR count). The number of anilines is 1. The van der Waals surface area contributed by atoms with Gasteiger partial charge in [-0.3, -0.25) is 0 Å². The van der Waals surface area contributed by atoms with E-state index in [4.69, 9.17) is 5.73 Å². The first-order chi connectivity index (χ1) is 5.75. The third kappa shape index (κ3) is 2.01. The average Bonchev–Trinajstić information content (AvgIpc) is 2.55. The van der Waals surface area contributed by atoms with Gasteiger partial charge >= 0.3 is 0 Å². The molecule has 0 amide bonds. The van der Waals surface area contributed by atoms with Gasteiger partial charge in [0.1, 0.15) is 5.82 Å². The highest BCUT2D eigenvalue weighted by atomic mass is 15.2. The molecule has 12 heavy (non-hydrogen) atoms. The Morgan fingerprint density at radius 2 is 2.42 bits per heavy atom. The van der Waals surface area contributed by atoms with Gasteiger partial charge in [-0.2, -0.15) is 0 Å². The highest BCUT2D eigenvalue weighted by molar-refractivity contribution is 5.38. The summed E-state index contributed by atoms with van der Waals surface area (Å²) in [6.07, 6.45) is 2.95. The number of hydrogen-bond donors (Lipinski definition) is 2. The molecule has 68 valence electrons. The van der Waals surface area contributed by atoms with Gasteiger partial charge in [-0.05, 0) is 32.0 Å². The molecular formula is C9H17N3. The average molecular weight is 167 g/mol. The Labute approximate surface area is 73.6 Å². The zero-order chi connectivity index (χ0) is 8.97. The summed E-state index contributed by atoms with van der Waals surface area (Å²) in [5.74, 6) is 1.15. The lowest BCUT2D eigenvalue weighted by atomic mass is 10.2. The molecule has 0 aliphatic heterocycles. The summed E-state index contributed by atoms with van der Waals surface area (Å²) in [4.78, 5) is 5.36. The monoisotopic (exact) mass is 167 g/mol. The maximum atomic E-state index is 5.48. The molecule has 0 spiro atoms. The van der Waals surface area contributed by atoms with Crippen molar-refractivity contribution in [3.8, 4) is 0 Å². The van der Waals surface area contributed by atoms with Crippen molar-refractivity contribution < 1.29 is 0 Å². The standard InChI is InChI=1S/C9H17N3/c1-8(5-6-10)12(2)9-4-3-7-11-9/h3-4,7-8,11H,5-6,10H2,1-2H3. The Hall–Kier alpha value is -0.960. The Kier molecular flexibility index (Phi) is 3.17. The van der Waals surface area contributed by atoms with Gasteiger partial charge in [0.05, 0.1) is 0 Å². The van der Waals surface area contributed by atoms with E-state index in [1.807, 2.05) is 12.3 Å². The lowest BCUT2D eigenvalue weighted by Crippen LogP contribution is -2.30. The molecule has 0 aromatic carbocycles. The summed E-state index contributed by atoms with van der Waals surface area (Å²) in [5.41, 5.74) is 5.48. The molecule has 0 saturated carbocycles. The van der Waals surface area contributed by atoms with Crippen molar-refractivity contribution in [1.82, 2.24) is 4.98 Å². The van der Waals surface area contributed by atoms with Crippen LogP contribution < -0.4 is 10.6 Å². The van der Waals surface area contributed by atoms with Crippen LogP contribution in [0.15, 0.2) is 18.3 Å². The number of nitrogens with two attached hydrogens (primary N) is 1. The van der Waals surface area contributed by atoms with E-state index in [1.165, 1.54) is 0 Å². The van der Waals surface area contributed by atoms with Crippen molar-refractivity contribution >= 4 is 5.82 Å². The van der Waals surface area contributed by atoms with E-state index in [-0.39, 0.29) is 0 Å². The van der Waals surface area contributed by atoms with Crippen LogP contribution in [0.4, 0.5) is 5.82 Å². The number of nitrogens with one attached hydrogen (secondary N) is 1. The van der Waals surface area contributed by atoms with E-state index in [2.05, 4.69) is 29.9 Å². The van der Waals surface area contributed by atoms with Gasteiger partial charge in [0.25, 0.3) is 0 Å². The molecule has 0 aliphatic carbocycles. The first kappa shape index (κ1) is 9.13. The van der Waals surface area contributed by atoms with Gasteiger partial charge in [-0.15, -0.1) is 0 Å². The summed E-state index contributed by atoms with van der Waals surface area (Å²) < 4.78 is 0. The maximum Gasteiger partial charge on any atom is 0.105 e. The van der Waals surface area contributed by atoms with Gasteiger partial charge in [0.15, 0.2) is 0 Å². The quantitative estimate of drug-likeness (QED) is 0.707. The van der Waals surface area contributed by atoms with Crippen LogP contribution >= 0.6 is 0 Å². The highest BCUT2D eigenvalue weighted by Crippen LogP contribution is 2.12. The van der Waals surface area contributed by atoms with Crippen LogP contribution in [0.1, 0.15) is 13.3 Å². The fourth-order valence-corrected chi connectivity index (χ4v) is 1.21. The maximum absolute atomic E-state index is 5.48. The molecule has 3 N–H and O–H groups in total. The Balaban J connectivity index is 2.53. The van der Waals surface area contributed by atoms with Gasteiger partial charge in [-0.1, -0.05) is 0 Å². The number of nitrogens with zero attached hydrogens (tertiary/aromatic N) is 1. The second-order valence-corrected chi connectivity index (χ2v) is 3.09. The van der Waals surface area contributed by atoms with Crippen LogP contribution in [-0.2, 0) is 0 Å². The number of aromatic nitrogens is 1. The predicted molar refractivity (Wildman–Crippen MR) is 52.3 cm³/mol. The van der Waals surface area contributed by atoms with Crippen LogP contribution in [0.3, 0.4) is 0 Å². The predicted octanol–water partition coefficient (Wildman–Crippen LogP) is 1.19. The van der Waals surface area contributed by atoms with Crippen molar-refractivity contribution in [2.75, 3.05) is 18.5 Å². The lowest BCUT2D eigenvalue weighted by Gasteiger charge is -2.24. The molecule has 3 heteroatoms. The van der Waals surface area contributed by atoms with E-state index in [0.29, 0.717) is 6.04 Å². The lowest BCUT2D eigenvalue weighted by molar-refractivity contribution is 0.631. The minimum atomic E-state index is 0.494. The molecule has 0 radical (unpaired) electrons. The molecule has 3 nitrogen and oxygen atoms in total. The normalized spacial score (nSPS) is 12.9. The summed E-state index contributed by atoms with van der Waals surface area (Å²) in [7, 11) is 2.08. The zero-order valence-corrected chi connectivity index (χ0v) is 7.75. The zero-order valence-electron chi connectivity index (χ0n) is 7.75. The Bertz CT molecular complexity index is 206. The van der Waals surface area contributed by atoms with Crippen molar-refractivity contribution in [2.24, 2.45) is 5.73 Å². The fourth-order valence-electron chi connectivity index (χ4n) is 1.21. The van der Waals surface area contributed by atoms with Crippen molar-refractivity contribution in [3.63, 3.8) is 0 Å². The van der Waals surface area contributed by atoms with Crippen LogP contribution in [0.5, 0.6) is 0 Å². The van der Waals surface area contributed by atoms with Gasteiger partial charge < -0.3 is 15.6 Å². The first-order valence-electron chi connectivity index (χ1n) is 4.32. The van der Waals surface area contributed by atoms with Crippen molar-refractivity contribution in [1.29, 1.82) is 0 Å². The molecule has 1 aromatic rings. The summed E-state index contributed by atoms with van der Waals surface area (Å²) >= 11 is 0. The Morgan fingerprint density at radius 3 is 2.92 bits per heavy atom. The summed E-state index contributed by atoms with van der Waals surface area (Å²) in [6, 6.07) is 4.56. The van der Waals surface area contributed by atoms with E-state index < -0.39 is 0 Å². The molecule has 1 atom stereocenters. The number of hydrogen-bond acceptors (Lipinski definition) is 2. The van der Waals surface area contributed by atoms with Crippen LogP contribution in [-0.4, -0.2) is 24.6 Å². The molecular weight excluding hydrogens is 150 g/mol. The molecule has 0 bridgehead atoms. The van der Waals surface area contributed by atoms with E-state index >= 15 is 0 Å². The Morgan fingerprint density at radius 1 is 1.67 bits per heavy atom. The minimum absolute atomic E-state index is 0.494. The van der Waals surface area contributed by atoms with Gasteiger partial charge in [0, 0.05) is 19.3 Å². The van der Waals surface area contributed by atoms with Crippen LogP contribution in [0.2, 0.25) is 0 Å². The van der Waals surface area contributed by atoms with Crippen LogP contribution in [0, 0.1) is 0 Å². The summed E-state index contributed by atoms with van der Waals surface area (Å²) in [6.45, 7) is 2.92. The topological polar surface area (TPSA) is 45.0 Å². The smallest absolute Gasteiger partial charge is 0.105 e. The molecule has 0 fully saturated rings. The fraction of sp³-hybridized carbons (Fsp3) is 0.556. The molecule has 1 unspecified atom stereocenters. The first-order valence-corrected chi connectivity index (χ1v) is 4.32. The van der Waals surface area contributed by atoms with Crippen molar-refractivity contribution in [3.05, 3.63) is 18.3 Å². The van der Waals surface area contributed by atoms with Gasteiger partial charge in [0.2, 0.25) is 0 Å². The largest absolute Gasteiger partial charge is 0.358 e. The number of aromatic amines is 1. The molecule has 0 aliphatic rings. The highest BCUT2D eigenvalue weighted by Gasteiger charge is 2.08. The minimum Gasteiger partial charge on any atom is -0.358 e. The van der Waals surface area contributed by atoms with E-state index in [0.717, 1.165) is 18.8 Å². The number of rotatable bonds is 4. The third-order valence-electron chi connectivity index (χ3n) is 2.21.